The fraction of sp³-hybridized carbons (Fsp3) is 0.269. The highest BCUT2D eigenvalue weighted by Crippen LogP contribution is 2.48. The Morgan fingerprint density at radius 2 is 1.31 bits per heavy atom. The van der Waals surface area contributed by atoms with Crippen LogP contribution in [0.5, 0.6) is 0 Å². The van der Waals surface area contributed by atoms with E-state index in [1.807, 2.05) is 38.1 Å². The predicted molar refractivity (Wildman–Crippen MR) is 119 cm³/mol. The predicted octanol–water partition coefficient (Wildman–Crippen LogP) is 6.97. The fourth-order valence-electron chi connectivity index (χ4n) is 4.34. The van der Waals surface area contributed by atoms with Gasteiger partial charge in [0.15, 0.2) is 5.79 Å². The van der Waals surface area contributed by atoms with Crippen LogP contribution in [0.25, 0.3) is 11.1 Å². The van der Waals surface area contributed by atoms with Crippen molar-refractivity contribution in [1.82, 2.24) is 0 Å². The summed E-state index contributed by atoms with van der Waals surface area (Å²) < 4.78 is 12.4. The van der Waals surface area contributed by atoms with Crippen molar-refractivity contribution in [2.75, 3.05) is 13.2 Å². The average molecular weight is 406 g/mol. The van der Waals surface area contributed by atoms with E-state index in [0.717, 1.165) is 12.0 Å². The molecule has 0 heterocycles. The summed E-state index contributed by atoms with van der Waals surface area (Å²) in [7, 11) is 0. The molecule has 0 bridgehead atoms. The molecule has 0 amide bonds. The molecule has 0 aliphatic heterocycles. The van der Waals surface area contributed by atoms with Crippen molar-refractivity contribution in [3.8, 4) is 11.1 Å². The van der Waals surface area contributed by atoms with Crippen molar-refractivity contribution in [2.24, 2.45) is 0 Å². The molecule has 0 fully saturated rings. The van der Waals surface area contributed by atoms with E-state index in [1.54, 1.807) is 0 Å². The molecule has 0 unspecified atom stereocenters. The second-order valence-corrected chi connectivity index (χ2v) is 7.64. The lowest BCUT2D eigenvalue weighted by Gasteiger charge is -2.34. The summed E-state index contributed by atoms with van der Waals surface area (Å²) in [5, 5.41) is 0.703. The maximum atomic E-state index is 6.21. The van der Waals surface area contributed by atoms with Crippen molar-refractivity contribution >= 4 is 11.6 Å². The van der Waals surface area contributed by atoms with E-state index in [0.29, 0.717) is 18.2 Å². The van der Waals surface area contributed by atoms with Gasteiger partial charge in [-0.2, -0.15) is 0 Å². The summed E-state index contributed by atoms with van der Waals surface area (Å²) >= 11 is 6.12. The van der Waals surface area contributed by atoms with Gasteiger partial charge < -0.3 is 9.47 Å². The lowest BCUT2D eigenvalue weighted by Crippen LogP contribution is -2.34. The van der Waals surface area contributed by atoms with Crippen molar-refractivity contribution in [1.29, 1.82) is 0 Å². The zero-order valence-electron chi connectivity index (χ0n) is 16.9. The summed E-state index contributed by atoms with van der Waals surface area (Å²) in [6.07, 6.45) is 3.00. The molecule has 0 N–H and O–H groups in total. The highest BCUT2D eigenvalue weighted by atomic mass is 35.5. The standard InChI is InChI=1S/C26H26ClO2/c1-3-28-26(29-4-2,19-13-15-20(27)16-14-19)18-17-25-23-11-7-5-9-21(23)22-10-6-8-12-24(22)25/h5-16,18,25H,3-4,17H2,1-2H3. The van der Waals surface area contributed by atoms with Crippen molar-refractivity contribution in [3.63, 3.8) is 0 Å². The largest absolute Gasteiger partial charge is 0.346 e. The minimum absolute atomic E-state index is 0.287. The molecule has 1 radical (unpaired) electrons. The number of halogens is 1. The van der Waals surface area contributed by atoms with Gasteiger partial charge in [-0.15, -0.1) is 0 Å². The van der Waals surface area contributed by atoms with Crippen molar-refractivity contribution in [2.45, 2.75) is 32.0 Å². The number of rotatable bonds is 8. The molecule has 1 aliphatic carbocycles. The van der Waals surface area contributed by atoms with E-state index in [1.165, 1.54) is 22.3 Å². The molecular weight excluding hydrogens is 380 g/mol. The van der Waals surface area contributed by atoms with E-state index < -0.39 is 5.79 Å². The molecule has 2 nitrogen and oxygen atoms in total. The summed E-state index contributed by atoms with van der Waals surface area (Å²) in [5.41, 5.74) is 6.34. The fourth-order valence-corrected chi connectivity index (χ4v) is 4.47. The van der Waals surface area contributed by atoms with Crippen LogP contribution in [0, 0.1) is 6.42 Å². The van der Waals surface area contributed by atoms with Gasteiger partial charge in [-0.25, -0.2) is 0 Å². The molecule has 149 valence electrons. The van der Waals surface area contributed by atoms with E-state index in [9.17, 15) is 0 Å². The minimum Gasteiger partial charge on any atom is -0.346 e. The third-order valence-electron chi connectivity index (χ3n) is 5.55. The second-order valence-electron chi connectivity index (χ2n) is 7.21. The Morgan fingerprint density at radius 1 is 0.793 bits per heavy atom. The van der Waals surface area contributed by atoms with Crippen LogP contribution >= 0.6 is 11.6 Å². The number of hydrogen-bond acceptors (Lipinski definition) is 2. The summed E-state index contributed by atoms with van der Waals surface area (Å²) in [4.78, 5) is 0. The molecule has 29 heavy (non-hydrogen) atoms. The van der Waals surface area contributed by atoms with Gasteiger partial charge >= 0.3 is 0 Å². The quantitative estimate of drug-likeness (QED) is 0.376. The summed E-state index contributed by atoms with van der Waals surface area (Å²) in [5.74, 6) is -0.601. The van der Waals surface area contributed by atoms with Crippen LogP contribution in [0.2, 0.25) is 5.02 Å². The second kappa shape index (κ2) is 8.71. The summed E-state index contributed by atoms with van der Waals surface area (Å²) in [6.45, 7) is 5.10. The van der Waals surface area contributed by atoms with Gasteiger partial charge in [0.1, 0.15) is 0 Å². The molecule has 4 rings (SSSR count). The number of benzene rings is 3. The molecule has 3 aromatic rings. The topological polar surface area (TPSA) is 18.5 Å². The van der Waals surface area contributed by atoms with Gasteiger partial charge in [0, 0.05) is 36.1 Å². The lowest BCUT2D eigenvalue weighted by atomic mass is 9.88. The van der Waals surface area contributed by atoms with Crippen LogP contribution in [0.1, 0.15) is 42.9 Å². The molecular formula is C26H26ClO2. The highest BCUT2D eigenvalue weighted by Gasteiger charge is 2.37. The van der Waals surface area contributed by atoms with E-state index in [-0.39, 0.29) is 5.92 Å². The Hall–Kier alpha value is -2.13. The van der Waals surface area contributed by atoms with Crippen molar-refractivity contribution < 1.29 is 9.47 Å². The number of fused-ring (bicyclic) bond motifs is 3. The first-order chi connectivity index (χ1) is 14.2. The van der Waals surface area contributed by atoms with Gasteiger partial charge in [0.25, 0.3) is 0 Å². The third kappa shape index (κ3) is 3.85. The van der Waals surface area contributed by atoms with Gasteiger partial charge in [-0.05, 0) is 54.7 Å². The Bertz CT molecular complexity index is 913. The van der Waals surface area contributed by atoms with Gasteiger partial charge in [-0.1, -0.05) is 72.3 Å². The van der Waals surface area contributed by atoms with Gasteiger partial charge in [-0.3, -0.25) is 0 Å². The molecule has 3 aromatic carbocycles. The van der Waals surface area contributed by atoms with Crippen LogP contribution in [-0.4, -0.2) is 13.2 Å². The molecule has 1 aliphatic rings. The first-order valence-electron chi connectivity index (χ1n) is 10.2. The molecule has 0 saturated heterocycles. The zero-order chi connectivity index (χ0) is 20.3. The smallest absolute Gasteiger partial charge is 0.198 e. The Labute approximate surface area is 178 Å². The first kappa shape index (κ1) is 20.2. The molecule has 0 saturated carbocycles. The molecule has 3 heteroatoms. The van der Waals surface area contributed by atoms with Crippen molar-refractivity contribution in [3.05, 3.63) is 101 Å². The normalized spacial score (nSPS) is 13.3. The lowest BCUT2D eigenvalue weighted by molar-refractivity contribution is -0.220. The van der Waals surface area contributed by atoms with E-state index in [2.05, 4.69) is 55.0 Å². The average Bonchev–Trinajstić information content (AvgIpc) is 3.07. The van der Waals surface area contributed by atoms with Crippen LogP contribution in [0.3, 0.4) is 0 Å². The van der Waals surface area contributed by atoms with Crippen LogP contribution < -0.4 is 0 Å². The molecule has 0 spiro atoms. The van der Waals surface area contributed by atoms with E-state index in [4.69, 9.17) is 21.1 Å². The Balaban J connectivity index is 1.68. The maximum absolute atomic E-state index is 6.21. The Kier molecular flexibility index (Phi) is 6.05. The first-order valence-corrected chi connectivity index (χ1v) is 10.6. The summed E-state index contributed by atoms with van der Waals surface area (Å²) in [6, 6.07) is 25.1. The monoisotopic (exact) mass is 405 g/mol. The van der Waals surface area contributed by atoms with Gasteiger partial charge in [0.2, 0.25) is 0 Å². The minimum atomic E-state index is -0.888. The van der Waals surface area contributed by atoms with Crippen LogP contribution in [0.4, 0.5) is 0 Å². The van der Waals surface area contributed by atoms with Crippen LogP contribution in [0.15, 0.2) is 72.8 Å². The maximum Gasteiger partial charge on any atom is 0.198 e. The molecule has 0 atom stereocenters. The van der Waals surface area contributed by atoms with E-state index >= 15 is 0 Å². The number of hydrogen-bond donors (Lipinski definition) is 0. The zero-order valence-corrected chi connectivity index (χ0v) is 17.7. The SMILES string of the molecule is CCOC([CH]CC1c2ccccc2-c2ccccc21)(OCC)c1ccc(Cl)cc1. The third-order valence-corrected chi connectivity index (χ3v) is 5.80. The highest BCUT2D eigenvalue weighted by molar-refractivity contribution is 6.30. The number of ether oxygens (including phenoxy) is 2. The molecule has 0 aromatic heterocycles. The van der Waals surface area contributed by atoms with Gasteiger partial charge in [0.05, 0.1) is 0 Å². The van der Waals surface area contributed by atoms with Crippen LogP contribution in [-0.2, 0) is 15.3 Å². The Morgan fingerprint density at radius 3 is 1.83 bits per heavy atom.